The molecule has 0 saturated heterocycles. The van der Waals surface area contributed by atoms with Crippen LogP contribution in [0.5, 0.6) is 0 Å². The molecule has 0 saturated carbocycles. The quantitative estimate of drug-likeness (QED) is 0.942. The highest BCUT2D eigenvalue weighted by Gasteiger charge is 2.18. The Labute approximate surface area is 121 Å². The molecule has 4 nitrogen and oxygen atoms in total. The number of pyridine rings is 1. The molecular formula is C15H14ClNO3. The molecule has 1 aromatic carbocycles. The van der Waals surface area contributed by atoms with Gasteiger partial charge in [-0.3, -0.25) is 9.59 Å². The highest BCUT2D eigenvalue weighted by Crippen LogP contribution is 2.28. The molecule has 5 heteroatoms. The largest absolute Gasteiger partial charge is 0.481 e. The second-order valence-corrected chi connectivity index (χ2v) is 5.05. The molecule has 2 aromatic rings. The average Bonchev–Trinajstić information content (AvgIpc) is 2.40. The minimum absolute atomic E-state index is 0.0746. The van der Waals surface area contributed by atoms with E-state index in [1.165, 1.54) is 10.6 Å². The number of hydrogen-bond donors (Lipinski definition) is 1. The number of hydrogen-bond acceptors (Lipinski definition) is 2. The number of nitrogens with zero attached hydrogens (tertiary/aromatic N) is 1. The van der Waals surface area contributed by atoms with Gasteiger partial charge in [0.1, 0.15) is 0 Å². The monoisotopic (exact) mass is 291 g/mol. The van der Waals surface area contributed by atoms with E-state index in [0.717, 1.165) is 5.56 Å². The molecule has 0 aliphatic rings. The Morgan fingerprint density at radius 2 is 1.90 bits per heavy atom. The molecule has 0 spiro atoms. The van der Waals surface area contributed by atoms with Gasteiger partial charge < -0.3 is 9.67 Å². The molecule has 0 radical (unpaired) electrons. The van der Waals surface area contributed by atoms with Crippen molar-refractivity contribution in [3.05, 3.63) is 69.1 Å². The van der Waals surface area contributed by atoms with Gasteiger partial charge in [0.05, 0.1) is 6.42 Å². The van der Waals surface area contributed by atoms with E-state index < -0.39 is 5.97 Å². The molecule has 104 valence electrons. The predicted octanol–water partition coefficient (Wildman–Crippen LogP) is 2.65. The van der Waals surface area contributed by atoms with Crippen molar-refractivity contribution in [2.75, 3.05) is 0 Å². The van der Waals surface area contributed by atoms with Crippen molar-refractivity contribution in [1.29, 1.82) is 0 Å². The molecule has 0 bridgehead atoms. The Balaban J connectivity index is 2.46. The second kappa shape index (κ2) is 5.92. The van der Waals surface area contributed by atoms with Gasteiger partial charge in [0.15, 0.2) is 0 Å². The minimum atomic E-state index is -0.911. The summed E-state index contributed by atoms with van der Waals surface area (Å²) in [6.45, 7) is 0. The molecule has 1 aromatic heterocycles. The van der Waals surface area contributed by atoms with E-state index >= 15 is 0 Å². The number of aryl methyl sites for hydroxylation is 1. The molecule has 0 amide bonds. The zero-order valence-electron chi connectivity index (χ0n) is 10.9. The minimum Gasteiger partial charge on any atom is -0.481 e. The summed E-state index contributed by atoms with van der Waals surface area (Å²) in [4.78, 5) is 22.8. The van der Waals surface area contributed by atoms with Gasteiger partial charge in [-0.1, -0.05) is 23.7 Å². The van der Waals surface area contributed by atoms with Crippen molar-refractivity contribution in [2.24, 2.45) is 7.05 Å². The first-order chi connectivity index (χ1) is 9.47. The first kappa shape index (κ1) is 14.3. The van der Waals surface area contributed by atoms with Crippen LogP contribution in [0.4, 0.5) is 0 Å². The maximum Gasteiger partial charge on any atom is 0.304 e. The molecule has 1 N–H and O–H groups in total. The van der Waals surface area contributed by atoms with Gasteiger partial charge >= 0.3 is 5.97 Å². The van der Waals surface area contributed by atoms with Crippen molar-refractivity contribution in [1.82, 2.24) is 4.57 Å². The average molecular weight is 292 g/mol. The van der Waals surface area contributed by atoms with Gasteiger partial charge in [-0.2, -0.15) is 0 Å². The highest BCUT2D eigenvalue weighted by molar-refractivity contribution is 6.30. The van der Waals surface area contributed by atoms with E-state index in [9.17, 15) is 9.59 Å². The fourth-order valence-corrected chi connectivity index (χ4v) is 2.20. The van der Waals surface area contributed by atoms with E-state index in [1.54, 1.807) is 43.6 Å². The summed E-state index contributed by atoms with van der Waals surface area (Å²) in [5.41, 5.74) is 1.36. The summed E-state index contributed by atoms with van der Waals surface area (Å²) in [5, 5.41) is 9.67. The third-order valence-electron chi connectivity index (χ3n) is 3.18. The fourth-order valence-electron chi connectivity index (χ4n) is 2.08. The lowest BCUT2D eigenvalue weighted by atomic mass is 9.89. The van der Waals surface area contributed by atoms with Crippen LogP contribution in [0, 0.1) is 0 Å². The summed E-state index contributed by atoms with van der Waals surface area (Å²) < 4.78 is 1.45. The van der Waals surface area contributed by atoms with Crippen molar-refractivity contribution in [3.8, 4) is 0 Å². The molecule has 2 rings (SSSR count). The Bertz CT molecular complexity index is 676. The van der Waals surface area contributed by atoms with E-state index in [0.29, 0.717) is 10.6 Å². The Morgan fingerprint density at radius 1 is 1.25 bits per heavy atom. The van der Waals surface area contributed by atoms with Crippen molar-refractivity contribution in [3.63, 3.8) is 0 Å². The Morgan fingerprint density at radius 3 is 2.45 bits per heavy atom. The summed E-state index contributed by atoms with van der Waals surface area (Å²) in [7, 11) is 1.65. The molecule has 1 unspecified atom stereocenters. The number of carboxylic acids is 1. The van der Waals surface area contributed by atoms with Crippen LogP contribution in [0.2, 0.25) is 5.02 Å². The lowest BCUT2D eigenvalue weighted by Gasteiger charge is -2.16. The van der Waals surface area contributed by atoms with Crippen LogP contribution in [0.3, 0.4) is 0 Å². The third-order valence-corrected chi connectivity index (χ3v) is 3.43. The van der Waals surface area contributed by atoms with E-state index in [-0.39, 0.29) is 17.9 Å². The molecular weight excluding hydrogens is 278 g/mol. The third kappa shape index (κ3) is 3.27. The number of rotatable bonds is 4. The summed E-state index contributed by atoms with van der Waals surface area (Å²) in [5.74, 6) is -1.27. The topological polar surface area (TPSA) is 59.3 Å². The highest BCUT2D eigenvalue weighted by atomic mass is 35.5. The van der Waals surface area contributed by atoms with Crippen molar-refractivity contribution < 1.29 is 9.90 Å². The predicted molar refractivity (Wildman–Crippen MR) is 77.2 cm³/mol. The molecule has 1 atom stereocenters. The smallest absolute Gasteiger partial charge is 0.304 e. The van der Waals surface area contributed by atoms with Gasteiger partial charge in [-0.25, -0.2) is 0 Å². The first-order valence-electron chi connectivity index (χ1n) is 6.11. The SMILES string of the molecule is Cn1ccc(C(CC(=O)O)c2ccc(Cl)cc2)cc1=O. The van der Waals surface area contributed by atoms with Crippen molar-refractivity contribution >= 4 is 17.6 Å². The second-order valence-electron chi connectivity index (χ2n) is 4.61. The van der Waals surface area contributed by atoms with Crippen LogP contribution < -0.4 is 5.56 Å². The molecule has 0 fully saturated rings. The summed E-state index contributed by atoms with van der Waals surface area (Å²) in [6, 6.07) is 10.2. The number of carboxylic acid groups (broad SMARTS) is 1. The molecule has 20 heavy (non-hydrogen) atoms. The Hall–Kier alpha value is -2.07. The molecule has 0 aliphatic heterocycles. The van der Waals surface area contributed by atoms with E-state index in [2.05, 4.69) is 0 Å². The lowest BCUT2D eigenvalue weighted by molar-refractivity contribution is -0.137. The lowest BCUT2D eigenvalue weighted by Crippen LogP contribution is -2.17. The normalized spacial score (nSPS) is 12.1. The number of aromatic nitrogens is 1. The first-order valence-corrected chi connectivity index (χ1v) is 6.49. The Kier molecular flexibility index (Phi) is 4.25. The number of benzene rings is 1. The summed E-state index contributed by atoms with van der Waals surface area (Å²) in [6.07, 6.45) is 1.57. The molecule has 1 heterocycles. The number of aliphatic carboxylic acids is 1. The number of halogens is 1. The van der Waals surface area contributed by atoms with E-state index in [4.69, 9.17) is 16.7 Å². The van der Waals surface area contributed by atoms with Gasteiger partial charge in [0, 0.05) is 30.3 Å². The summed E-state index contributed by atoms with van der Waals surface area (Å²) >= 11 is 5.84. The fraction of sp³-hybridized carbons (Fsp3) is 0.200. The van der Waals surface area contributed by atoms with Crippen LogP contribution in [-0.2, 0) is 11.8 Å². The van der Waals surface area contributed by atoms with Crippen molar-refractivity contribution in [2.45, 2.75) is 12.3 Å². The number of carbonyl (C=O) groups is 1. The maximum atomic E-state index is 11.7. The van der Waals surface area contributed by atoms with Gasteiger partial charge in [-0.15, -0.1) is 0 Å². The zero-order valence-corrected chi connectivity index (χ0v) is 11.7. The van der Waals surface area contributed by atoms with Crippen LogP contribution in [0.25, 0.3) is 0 Å². The van der Waals surface area contributed by atoms with Crippen LogP contribution in [0.15, 0.2) is 47.4 Å². The molecule has 0 aliphatic carbocycles. The van der Waals surface area contributed by atoms with Gasteiger partial charge in [-0.05, 0) is 29.3 Å². The van der Waals surface area contributed by atoms with Crippen LogP contribution >= 0.6 is 11.6 Å². The standard InChI is InChI=1S/C15H14ClNO3/c1-17-7-6-11(8-14(17)18)13(9-15(19)20)10-2-4-12(16)5-3-10/h2-8,13H,9H2,1H3,(H,19,20). The maximum absolute atomic E-state index is 11.7. The zero-order chi connectivity index (χ0) is 14.7. The van der Waals surface area contributed by atoms with Crippen LogP contribution in [0.1, 0.15) is 23.5 Å². The van der Waals surface area contributed by atoms with Gasteiger partial charge in [0.25, 0.3) is 5.56 Å². The van der Waals surface area contributed by atoms with Crippen LogP contribution in [-0.4, -0.2) is 15.6 Å². The van der Waals surface area contributed by atoms with E-state index in [1.807, 2.05) is 0 Å². The van der Waals surface area contributed by atoms with Gasteiger partial charge in [0.2, 0.25) is 0 Å².